The second kappa shape index (κ2) is 5.96. The summed E-state index contributed by atoms with van der Waals surface area (Å²) in [5, 5.41) is 0. The van der Waals surface area contributed by atoms with E-state index in [4.69, 9.17) is 11.6 Å². The smallest absolute Gasteiger partial charge is 0.256 e. The number of halogens is 1. The molecule has 4 nitrogen and oxygen atoms in total. The molecule has 0 saturated carbocycles. The summed E-state index contributed by atoms with van der Waals surface area (Å²) in [5.41, 5.74) is 0.569. The predicted molar refractivity (Wildman–Crippen MR) is 66.0 cm³/mol. The molecule has 5 heteroatoms. The third kappa shape index (κ3) is 3.16. The first-order valence-corrected chi connectivity index (χ1v) is 6.45. The molecule has 0 spiro atoms. The summed E-state index contributed by atoms with van der Waals surface area (Å²) < 4.78 is 0. The van der Waals surface area contributed by atoms with Gasteiger partial charge in [-0.15, -0.1) is 11.6 Å². The average molecular weight is 254 g/mol. The molecule has 0 aromatic carbocycles. The van der Waals surface area contributed by atoms with Crippen LogP contribution in [0, 0.1) is 5.92 Å². The van der Waals surface area contributed by atoms with Gasteiger partial charge in [0.1, 0.15) is 6.33 Å². The van der Waals surface area contributed by atoms with Gasteiger partial charge in [-0.3, -0.25) is 4.79 Å². The lowest BCUT2D eigenvalue weighted by atomic mass is 9.95. The molecule has 1 unspecified atom stereocenters. The SMILES string of the molecule is O=C(c1cncnc1)N1CCCC(CCCl)C1. The van der Waals surface area contributed by atoms with E-state index in [0.717, 1.165) is 25.9 Å². The number of likely N-dealkylation sites (tertiary alicyclic amines) is 1. The van der Waals surface area contributed by atoms with Gasteiger partial charge in [0.15, 0.2) is 0 Å². The van der Waals surface area contributed by atoms with Gasteiger partial charge < -0.3 is 4.90 Å². The van der Waals surface area contributed by atoms with Gasteiger partial charge in [0.2, 0.25) is 0 Å². The van der Waals surface area contributed by atoms with Gasteiger partial charge in [-0.25, -0.2) is 9.97 Å². The molecular weight excluding hydrogens is 238 g/mol. The Morgan fingerprint density at radius 2 is 2.24 bits per heavy atom. The largest absolute Gasteiger partial charge is 0.338 e. The standard InChI is InChI=1S/C12H16ClN3O/c13-4-3-10-2-1-5-16(8-10)12(17)11-6-14-9-15-7-11/h6-7,9-10H,1-5,8H2. The molecule has 1 aromatic heterocycles. The molecule has 1 amide bonds. The van der Waals surface area contributed by atoms with Crippen LogP contribution in [0.15, 0.2) is 18.7 Å². The van der Waals surface area contributed by atoms with E-state index in [1.165, 1.54) is 12.7 Å². The molecule has 92 valence electrons. The first kappa shape index (κ1) is 12.3. The molecule has 1 saturated heterocycles. The van der Waals surface area contributed by atoms with Crippen molar-refractivity contribution in [1.29, 1.82) is 0 Å². The molecule has 0 radical (unpaired) electrons. The summed E-state index contributed by atoms with van der Waals surface area (Å²) in [7, 11) is 0. The van der Waals surface area contributed by atoms with E-state index in [0.29, 0.717) is 17.4 Å². The summed E-state index contributed by atoms with van der Waals surface area (Å²) in [6, 6.07) is 0. The van der Waals surface area contributed by atoms with Gasteiger partial charge in [0, 0.05) is 31.4 Å². The number of hydrogen-bond donors (Lipinski definition) is 0. The highest BCUT2D eigenvalue weighted by atomic mass is 35.5. The van der Waals surface area contributed by atoms with Crippen molar-refractivity contribution in [3.05, 3.63) is 24.3 Å². The molecule has 1 aliphatic rings. The molecule has 0 bridgehead atoms. The lowest BCUT2D eigenvalue weighted by Gasteiger charge is -2.32. The molecule has 0 N–H and O–H groups in total. The van der Waals surface area contributed by atoms with Gasteiger partial charge in [0.25, 0.3) is 5.91 Å². The monoisotopic (exact) mass is 253 g/mol. The Labute approximate surface area is 106 Å². The number of hydrogen-bond acceptors (Lipinski definition) is 3. The van der Waals surface area contributed by atoms with Gasteiger partial charge in [-0.05, 0) is 25.2 Å². The number of piperidine rings is 1. The molecule has 0 aliphatic carbocycles. The Bertz CT molecular complexity index is 369. The van der Waals surface area contributed by atoms with Crippen LogP contribution >= 0.6 is 11.6 Å². The van der Waals surface area contributed by atoms with Crippen molar-refractivity contribution in [2.24, 2.45) is 5.92 Å². The van der Waals surface area contributed by atoms with E-state index in [2.05, 4.69) is 9.97 Å². The zero-order valence-corrected chi connectivity index (χ0v) is 10.4. The molecule has 1 aliphatic heterocycles. The average Bonchev–Trinajstić information content (AvgIpc) is 2.40. The van der Waals surface area contributed by atoms with Gasteiger partial charge in [-0.2, -0.15) is 0 Å². The zero-order valence-electron chi connectivity index (χ0n) is 9.68. The van der Waals surface area contributed by atoms with Crippen LogP contribution in [0.4, 0.5) is 0 Å². The lowest BCUT2D eigenvalue weighted by Crippen LogP contribution is -2.40. The highest BCUT2D eigenvalue weighted by molar-refractivity contribution is 6.17. The number of alkyl halides is 1. The maximum absolute atomic E-state index is 12.2. The molecule has 1 atom stereocenters. The number of aromatic nitrogens is 2. The molecule has 1 fully saturated rings. The van der Waals surface area contributed by atoms with Crippen LogP contribution in [0.2, 0.25) is 0 Å². The van der Waals surface area contributed by atoms with E-state index >= 15 is 0 Å². The minimum Gasteiger partial charge on any atom is -0.338 e. The first-order chi connectivity index (χ1) is 8.31. The van der Waals surface area contributed by atoms with E-state index in [-0.39, 0.29) is 5.91 Å². The Kier molecular flexibility index (Phi) is 4.31. The van der Waals surface area contributed by atoms with Crippen LogP contribution in [0.5, 0.6) is 0 Å². The number of nitrogens with zero attached hydrogens (tertiary/aromatic N) is 3. The Balaban J connectivity index is 2.00. The minimum atomic E-state index is 0.0323. The van der Waals surface area contributed by atoms with Crippen molar-refractivity contribution in [2.45, 2.75) is 19.3 Å². The van der Waals surface area contributed by atoms with Crippen LogP contribution in [-0.2, 0) is 0 Å². The van der Waals surface area contributed by atoms with Crippen LogP contribution in [0.1, 0.15) is 29.6 Å². The summed E-state index contributed by atoms with van der Waals surface area (Å²) >= 11 is 5.76. The van der Waals surface area contributed by atoms with Gasteiger partial charge in [0.05, 0.1) is 5.56 Å². The Hall–Kier alpha value is -1.16. The van der Waals surface area contributed by atoms with E-state index in [1.54, 1.807) is 12.4 Å². The number of carbonyl (C=O) groups is 1. The van der Waals surface area contributed by atoms with E-state index in [1.807, 2.05) is 4.90 Å². The third-order valence-corrected chi connectivity index (χ3v) is 3.35. The fraction of sp³-hybridized carbons (Fsp3) is 0.583. The van der Waals surface area contributed by atoms with Crippen LogP contribution < -0.4 is 0 Å². The van der Waals surface area contributed by atoms with Gasteiger partial charge in [-0.1, -0.05) is 0 Å². The topological polar surface area (TPSA) is 46.1 Å². The third-order valence-electron chi connectivity index (χ3n) is 3.13. The van der Waals surface area contributed by atoms with Crippen molar-refractivity contribution in [3.63, 3.8) is 0 Å². The molecular formula is C12H16ClN3O. The maximum atomic E-state index is 12.2. The fourth-order valence-electron chi connectivity index (χ4n) is 2.23. The number of amides is 1. The number of rotatable bonds is 3. The normalized spacial score (nSPS) is 20.3. The number of carbonyl (C=O) groups excluding carboxylic acids is 1. The Morgan fingerprint density at radius 1 is 1.47 bits per heavy atom. The van der Waals surface area contributed by atoms with Gasteiger partial charge >= 0.3 is 0 Å². The Morgan fingerprint density at radius 3 is 2.94 bits per heavy atom. The van der Waals surface area contributed by atoms with Crippen molar-refractivity contribution in [2.75, 3.05) is 19.0 Å². The van der Waals surface area contributed by atoms with E-state index in [9.17, 15) is 4.79 Å². The molecule has 2 rings (SSSR count). The van der Waals surface area contributed by atoms with Crippen molar-refractivity contribution in [3.8, 4) is 0 Å². The van der Waals surface area contributed by atoms with Crippen molar-refractivity contribution >= 4 is 17.5 Å². The van der Waals surface area contributed by atoms with Crippen LogP contribution in [-0.4, -0.2) is 39.7 Å². The first-order valence-electron chi connectivity index (χ1n) is 5.91. The maximum Gasteiger partial charge on any atom is 0.256 e. The molecule has 1 aromatic rings. The van der Waals surface area contributed by atoms with Crippen molar-refractivity contribution in [1.82, 2.24) is 14.9 Å². The molecule has 2 heterocycles. The fourth-order valence-corrected chi connectivity index (χ4v) is 2.54. The summed E-state index contributed by atoms with van der Waals surface area (Å²) in [4.78, 5) is 21.8. The van der Waals surface area contributed by atoms with E-state index < -0.39 is 0 Å². The highest BCUT2D eigenvalue weighted by Crippen LogP contribution is 2.21. The second-order valence-corrected chi connectivity index (χ2v) is 4.74. The predicted octanol–water partition coefficient (Wildman–Crippen LogP) is 1.96. The zero-order chi connectivity index (χ0) is 12.1. The second-order valence-electron chi connectivity index (χ2n) is 4.36. The minimum absolute atomic E-state index is 0.0323. The van der Waals surface area contributed by atoms with Crippen LogP contribution in [0.3, 0.4) is 0 Å². The summed E-state index contributed by atoms with van der Waals surface area (Å²) in [6.07, 6.45) is 7.78. The summed E-state index contributed by atoms with van der Waals surface area (Å²) in [5.74, 6) is 1.24. The lowest BCUT2D eigenvalue weighted by molar-refractivity contribution is 0.0670. The quantitative estimate of drug-likeness (QED) is 0.774. The van der Waals surface area contributed by atoms with Crippen LogP contribution in [0.25, 0.3) is 0 Å². The highest BCUT2D eigenvalue weighted by Gasteiger charge is 2.24. The molecule has 17 heavy (non-hydrogen) atoms. The summed E-state index contributed by atoms with van der Waals surface area (Å²) in [6.45, 7) is 1.63. The van der Waals surface area contributed by atoms with Crippen molar-refractivity contribution < 1.29 is 4.79 Å².